The average Bonchev–Trinajstić information content (AvgIpc) is 2.44. The lowest BCUT2D eigenvalue weighted by Crippen LogP contribution is -2.22. The van der Waals surface area contributed by atoms with Crippen LogP contribution in [-0.4, -0.2) is 43.0 Å². The zero-order chi connectivity index (χ0) is 17.9. The van der Waals surface area contributed by atoms with Crippen molar-refractivity contribution in [2.75, 3.05) is 0 Å². The van der Waals surface area contributed by atoms with Crippen LogP contribution >= 0.6 is 0 Å². The summed E-state index contributed by atoms with van der Waals surface area (Å²) in [5.74, 6) is -2.43. The first-order valence-corrected chi connectivity index (χ1v) is 6.67. The minimum atomic E-state index is -1.80. The van der Waals surface area contributed by atoms with Crippen LogP contribution in [0.25, 0.3) is 0 Å². The zero-order valence-corrected chi connectivity index (χ0v) is 12.2. The first-order valence-electron chi connectivity index (χ1n) is 6.67. The van der Waals surface area contributed by atoms with Gasteiger partial charge in [-0.3, -0.25) is 0 Å². The van der Waals surface area contributed by atoms with Crippen molar-refractivity contribution >= 4 is 7.32 Å². The second-order valence-electron chi connectivity index (χ2n) is 4.85. The fraction of sp³-hybridized carbons (Fsp3) is 0.143. The van der Waals surface area contributed by atoms with Crippen LogP contribution in [0.1, 0.15) is 11.1 Å². The minimum Gasteiger partial charge on any atom is -0.508 e. The van der Waals surface area contributed by atoms with Gasteiger partial charge in [0.1, 0.15) is 34.5 Å². The smallest absolute Gasteiger partial charge is 0.508 e. The average molecular weight is 338 g/mol. The molecule has 128 valence electrons. The van der Waals surface area contributed by atoms with Crippen LogP contribution in [0.3, 0.4) is 0 Å². The molecular formula is C14H15BO9. The first-order chi connectivity index (χ1) is 11.3. The second kappa shape index (κ2) is 7.17. The van der Waals surface area contributed by atoms with Gasteiger partial charge in [0, 0.05) is 24.3 Å². The van der Waals surface area contributed by atoms with Crippen molar-refractivity contribution in [3.8, 4) is 34.5 Å². The van der Waals surface area contributed by atoms with E-state index in [0.717, 1.165) is 24.3 Å². The predicted molar refractivity (Wildman–Crippen MR) is 80.4 cm³/mol. The third-order valence-corrected chi connectivity index (χ3v) is 3.12. The van der Waals surface area contributed by atoms with E-state index < -0.39 is 43.5 Å². The van der Waals surface area contributed by atoms with Crippen molar-refractivity contribution in [3.05, 3.63) is 35.4 Å². The third-order valence-electron chi connectivity index (χ3n) is 3.12. The number of phenols is 6. The van der Waals surface area contributed by atoms with E-state index in [2.05, 4.69) is 0 Å². The Labute approximate surface area is 136 Å². The highest BCUT2D eigenvalue weighted by Crippen LogP contribution is 2.33. The van der Waals surface area contributed by atoms with E-state index in [1.165, 1.54) is 0 Å². The molecule has 0 bridgehead atoms. The van der Waals surface area contributed by atoms with E-state index in [4.69, 9.17) is 9.31 Å². The van der Waals surface area contributed by atoms with Crippen LogP contribution in [0.4, 0.5) is 0 Å². The topological polar surface area (TPSA) is 160 Å². The molecule has 0 aromatic heterocycles. The summed E-state index contributed by atoms with van der Waals surface area (Å²) in [6.07, 6.45) is 0. The van der Waals surface area contributed by atoms with Gasteiger partial charge >= 0.3 is 7.32 Å². The Kier molecular flexibility index (Phi) is 5.24. The lowest BCUT2D eigenvalue weighted by molar-refractivity contribution is 0.116. The molecule has 9 nitrogen and oxygen atoms in total. The molecular weight excluding hydrogens is 323 g/mol. The number of rotatable bonds is 6. The van der Waals surface area contributed by atoms with Crippen LogP contribution in [0.5, 0.6) is 34.5 Å². The molecule has 0 heterocycles. The van der Waals surface area contributed by atoms with Crippen molar-refractivity contribution in [3.63, 3.8) is 0 Å². The highest BCUT2D eigenvalue weighted by atomic mass is 16.7. The summed E-state index contributed by atoms with van der Waals surface area (Å²) < 4.78 is 9.75. The van der Waals surface area contributed by atoms with Crippen LogP contribution < -0.4 is 0 Å². The highest BCUT2D eigenvalue weighted by molar-refractivity contribution is 6.34. The van der Waals surface area contributed by atoms with Gasteiger partial charge in [-0.25, -0.2) is 0 Å². The lowest BCUT2D eigenvalue weighted by atomic mass is 10.1. The Balaban J connectivity index is 1.94. The van der Waals surface area contributed by atoms with Gasteiger partial charge in [-0.2, -0.15) is 0 Å². The molecule has 24 heavy (non-hydrogen) atoms. The van der Waals surface area contributed by atoms with E-state index in [1.54, 1.807) is 0 Å². The van der Waals surface area contributed by atoms with Gasteiger partial charge < -0.3 is 45.0 Å². The Bertz CT molecular complexity index is 627. The fourth-order valence-electron chi connectivity index (χ4n) is 1.91. The highest BCUT2D eigenvalue weighted by Gasteiger charge is 2.21. The molecule has 0 aliphatic carbocycles. The van der Waals surface area contributed by atoms with Crippen molar-refractivity contribution in [1.82, 2.24) is 0 Å². The summed E-state index contributed by atoms with van der Waals surface area (Å²) in [7, 11) is -1.80. The predicted octanol–water partition coefficient (Wildman–Crippen LogP) is 0.631. The molecule has 0 aliphatic heterocycles. The molecule has 0 saturated heterocycles. The van der Waals surface area contributed by atoms with Crippen molar-refractivity contribution in [2.45, 2.75) is 13.2 Å². The molecule has 10 heteroatoms. The third kappa shape index (κ3) is 4.13. The SMILES string of the molecule is OB(OCc1c(O)cc(O)cc1O)OCc1c(O)cc(O)cc1O. The Hall–Kier alpha value is -2.82. The number of aromatic hydroxyl groups is 6. The molecule has 0 saturated carbocycles. The molecule has 0 amide bonds. The largest absolute Gasteiger partial charge is 0.637 e. The number of benzene rings is 2. The number of hydrogen-bond donors (Lipinski definition) is 7. The van der Waals surface area contributed by atoms with Gasteiger partial charge in [-0.1, -0.05) is 0 Å². The fourth-order valence-corrected chi connectivity index (χ4v) is 1.91. The van der Waals surface area contributed by atoms with Gasteiger partial charge in [-0.15, -0.1) is 0 Å². The normalized spacial score (nSPS) is 10.7. The quantitative estimate of drug-likeness (QED) is 0.375. The summed E-state index contributed by atoms with van der Waals surface area (Å²) in [6, 6.07) is 3.94. The molecule has 0 fully saturated rings. The first kappa shape index (κ1) is 17.5. The molecule has 0 unspecified atom stereocenters. The Morgan fingerprint density at radius 3 is 1.21 bits per heavy atom. The summed E-state index contributed by atoms with van der Waals surface area (Å²) in [4.78, 5) is 0. The van der Waals surface area contributed by atoms with Gasteiger partial charge in [0.25, 0.3) is 0 Å². The van der Waals surface area contributed by atoms with Gasteiger partial charge in [0.05, 0.1) is 24.3 Å². The van der Waals surface area contributed by atoms with Gasteiger partial charge in [0.2, 0.25) is 0 Å². The van der Waals surface area contributed by atoms with Crippen LogP contribution in [0.15, 0.2) is 24.3 Å². The lowest BCUT2D eigenvalue weighted by Gasteiger charge is -2.12. The Morgan fingerprint density at radius 2 is 0.917 bits per heavy atom. The van der Waals surface area contributed by atoms with E-state index in [9.17, 15) is 35.7 Å². The van der Waals surface area contributed by atoms with Crippen molar-refractivity contribution in [1.29, 1.82) is 0 Å². The van der Waals surface area contributed by atoms with E-state index >= 15 is 0 Å². The van der Waals surface area contributed by atoms with Crippen molar-refractivity contribution in [2.24, 2.45) is 0 Å². The summed E-state index contributed by atoms with van der Waals surface area (Å²) >= 11 is 0. The Morgan fingerprint density at radius 1 is 0.625 bits per heavy atom. The summed E-state index contributed by atoms with van der Waals surface area (Å²) in [5, 5.41) is 66.2. The van der Waals surface area contributed by atoms with Crippen LogP contribution in [-0.2, 0) is 22.5 Å². The minimum absolute atomic E-state index is 0.0780. The maximum absolute atomic E-state index is 9.58. The molecule has 2 aromatic rings. The number of phenolic OH excluding ortho intramolecular Hbond substituents is 6. The molecule has 0 atom stereocenters. The van der Waals surface area contributed by atoms with E-state index in [1.807, 2.05) is 0 Å². The maximum atomic E-state index is 9.58. The maximum Gasteiger partial charge on any atom is 0.637 e. The molecule has 2 rings (SSSR count). The van der Waals surface area contributed by atoms with Gasteiger partial charge in [0.15, 0.2) is 0 Å². The molecule has 7 N–H and O–H groups in total. The molecule has 0 spiro atoms. The molecule has 0 aliphatic rings. The van der Waals surface area contributed by atoms with E-state index in [-0.39, 0.29) is 22.6 Å². The monoisotopic (exact) mass is 338 g/mol. The van der Waals surface area contributed by atoms with E-state index in [0.29, 0.717) is 0 Å². The van der Waals surface area contributed by atoms with Crippen LogP contribution in [0.2, 0.25) is 0 Å². The van der Waals surface area contributed by atoms with Gasteiger partial charge in [-0.05, 0) is 0 Å². The van der Waals surface area contributed by atoms with Crippen molar-refractivity contribution < 1.29 is 45.0 Å². The standard InChI is InChI=1S/C14H15BO9/c16-7-1-11(18)9(12(19)2-7)5-23-15(22)24-6-10-13(20)3-8(17)4-14(10)21/h1-4,16-22H,5-6H2. The molecule has 0 radical (unpaired) electrons. The summed E-state index contributed by atoms with van der Waals surface area (Å²) in [6.45, 7) is -0.876. The number of hydrogen-bond acceptors (Lipinski definition) is 9. The van der Waals surface area contributed by atoms with Crippen LogP contribution in [0, 0.1) is 0 Å². The second-order valence-corrected chi connectivity index (χ2v) is 4.85. The zero-order valence-electron chi connectivity index (χ0n) is 12.2. The summed E-state index contributed by atoms with van der Waals surface area (Å²) in [5.41, 5.74) is -0.156. The molecule has 2 aromatic carbocycles.